The fraction of sp³-hybridized carbons (Fsp3) is 0.333. The molecule has 3 aromatic heterocycles. The molecule has 0 spiro atoms. The predicted molar refractivity (Wildman–Crippen MR) is 88.9 cm³/mol. The van der Waals surface area contributed by atoms with E-state index in [1.165, 1.54) is 22.2 Å². The molecule has 8 heteroatoms. The molecule has 0 bridgehead atoms. The van der Waals surface area contributed by atoms with Gasteiger partial charge >= 0.3 is 0 Å². The number of nitrogens with one attached hydrogen (secondary N) is 1. The van der Waals surface area contributed by atoms with Gasteiger partial charge in [0.15, 0.2) is 0 Å². The summed E-state index contributed by atoms with van der Waals surface area (Å²) in [4.78, 5) is 28.8. The van der Waals surface area contributed by atoms with E-state index >= 15 is 0 Å². The molecule has 0 saturated carbocycles. The second-order valence-corrected chi connectivity index (χ2v) is 6.22. The Kier molecular flexibility index (Phi) is 3.99. The summed E-state index contributed by atoms with van der Waals surface area (Å²) in [6.45, 7) is 4.39. The number of amides is 1. The molecule has 1 amide bonds. The average molecular weight is 331 g/mol. The molecular weight excluding hydrogens is 314 g/mol. The second kappa shape index (κ2) is 5.96. The topological polar surface area (TPSA) is 81.8 Å². The first-order valence-electron chi connectivity index (χ1n) is 7.20. The Morgan fingerprint density at radius 2 is 2.17 bits per heavy atom. The molecule has 0 unspecified atom stereocenters. The van der Waals surface area contributed by atoms with E-state index in [0.717, 1.165) is 5.69 Å². The van der Waals surface area contributed by atoms with Gasteiger partial charge < -0.3 is 5.32 Å². The summed E-state index contributed by atoms with van der Waals surface area (Å²) in [6, 6.07) is 1.82. The molecule has 23 heavy (non-hydrogen) atoms. The van der Waals surface area contributed by atoms with E-state index in [4.69, 9.17) is 0 Å². The molecule has 0 aliphatic carbocycles. The third kappa shape index (κ3) is 2.77. The van der Waals surface area contributed by atoms with Gasteiger partial charge in [-0.15, -0.1) is 11.3 Å². The van der Waals surface area contributed by atoms with Gasteiger partial charge in [-0.1, -0.05) is 0 Å². The second-order valence-electron chi connectivity index (χ2n) is 5.30. The van der Waals surface area contributed by atoms with Gasteiger partial charge in [0.2, 0.25) is 0 Å². The van der Waals surface area contributed by atoms with Crippen LogP contribution in [0.2, 0.25) is 0 Å². The number of thiophene rings is 1. The molecule has 0 aromatic carbocycles. The molecule has 3 aromatic rings. The fourth-order valence-electron chi connectivity index (χ4n) is 2.52. The van der Waals surface area contributed by atoms with Crippen molar-refractivity contribution in [2.75, 3.05) is 6.54 Å². The van der Waals surface area contributed by atoms with Gasteiger partial charge in [0, 0.05) is 25.8 Å². The molecule has 0 atom stereocenters. The highest BCUT2D eigenvalue weighted by Crippen LogP contribution is 2.13. The average Bonchev–Trinajstić information content (AvgIpc) is 3.07. The zero-order valence-electron chi connectivity index (χ0n) is 13.2. The summed E-state index contributed by atoms with van der Waals surface area (Å²) < 4.78 is 3.84. The molecule has 0 fully saturated rings. The molecule has 1 N–H and O–H groups in total. The molecule has 0 aliphatic rings. The summed E-state index contributed by atoms with van der Waals surface area (Å²) in [5.74, 6) is -0.175. The lowest BCUT2D eigenvalue weighted by molar-refractivity contribution is 0.0951. The van der Waals surface area contributed by atoms with Gasteiger partial charge in [0.1, 0.15) is 4.70 Å². The van der Waals surface area contributed by atoms with Crippen LogP contribution in [0.5, 0.6) is 0 Å². The van der Waals surface area contributed by atoms with Crippen LogP contribution in [-0.2, 0) is 13.6 Å². The smallest absolute Gasteiger partial charge is 0.271 e. The first kappa shape index (κ1) is 15.4. The maximum absolute atomic E-state index is 12.3. The van der Waals surface area contributed by atoms with Crippen LogP contribution in [0.1, 0.15) is 21.7 Å². The zero-order chi connectivity index (χ0) is 16.6. The van der Waals surface area contributed by atoms with Crippen LogP contribution in [0.25, 0.3) is 10.2 Å². The maximum atomic E-state index is 12.3. The number of hydrogen-bond donors (Lipinski definition) is 1. The first-order valence-corrected chi connectivity index (χ1v) is 8.08. The number of aromatic nitrogens is 4. The number of fused-ring (bicyclic) bond motifs is 1. The molecule has 0 radical (unpaired) electrons. The van der Waals surface area contributed by atoms with Crippen molar-refractivity contribution in [1.29, 1.82) is 0 Å². The summed E-state index contributed by atoms with van der Waals surface area (Å²) in [5, 5.41) is 8.91. The molecule has 3 heterocycles. The molecule has 7 nitrogen and oxygen atoms in total. The molecule has 0 saturated heterocycles. The number of aryl methyl sites for hydroxylation is 2. The molecular formula is C15H17N5O2S. The van der Waals surface area contributed by atoms with Crippen molar-refractivity contribution in [3.8, 4) is 0 Å². The van der Waals surface area contributed by atoms with Crippen LogP contribution < -0.4 is 10.9 Å². The van der Waals surface area contributed by atoms with Crippen molar-refractivity contribution in [2.24, 2.45) is 7.05 Å². The number of carbonyl (C=O) groups excluding carboxylic acids is 1. The summed E-state index contributed by atoms with van der Waals surface area (Å²) in [6.07, 6.45) is 1.52. The van der Waals surface area contributed by atoms with Crippen LogP contribution in [-0.4, -0.2) is 31.8 Å². The van der Waals surface area contributed by atoms with Crippen LogP contribution >= 0.6 is 11.3 Å². The standard InChI is InChI=1S/C15H17N5O2S/c1-9-12(10(2)19(3)18-9)14(21)16-5-6-20-8-17-11-4-7-23-13(11)15(20)22/h4,7-8H,5-6H2,1-3H3,(H,16,21). The number of rotatable bonds is 4. The first-order chi connectivity index (χ1) is 11.0. The van der Waals surface area contributed by atoms with E-state index in [1.54, 1.807) is 18.7 Å². The van der Waals surface area contributed by atoms with Gasteiger partial charge in [-0.3, -0.25) is 18.8 Å². The summed E-state index contributed by atoms with van der Waals surface area (Å²) in [7, 11) is 1.81. The Morgan fingerprint density at radius 1 is 1.39 bits per heavy atom. The van der Waals surface area contributed by atoms with Crippen molar-refractivity contribution in [2.45, 2.75) is 20.4 Å². The van der Waals surface area contributed by atoms with E-state index in [1.807, 2.05) is 18.4 Å². The highest BCUT2D eigenvalue weighted by atomic mass is 32.1. The van der Waals surface area contributed by atoms with Crippen molar-refractivity contribution >= 4 is 27.5 Å². The molecule has 0 aliphatic heterocycles. The van der Waals surface area contributed by atoms with E-state index in [9.17, 15) is 9.59 Å². The highest BCUT2D eigenvalue weighted by Gasteiger charge is 2.16. The van der Waals surface area contributed by atoms with Crippen LogP contribution in [0.15, 0.2) is 22.6 Å². The largest absolute Gasteiger partial charge is 0.350 e. The number of nitrogens with zero attached hydrogens (tertiary/aromatic N) is 4. The van der Waals surface area contributed by atoms with Crippen LogP contribution in [0, 0.1) is 13.8 Å². The van der Waals surface area contributed by atoms with Crippen molar-refractivity contribution < 1.29 is 4.79 Å². The predicted octanol–water partition coefficient (Wildman–Crippen LogP) is 1.24. The van der Waals surface area contributed by atoms with Gasteiger partial charge in [0.25, 0.3) is 11.5 Å². The van der Waals surface area contributed by atoms with Gasteiger partial charge in [-0.2, -0.15) is 5.10 Å². The Balaban J connectivity index is 1.70. The van der Waals surface area contributed by atoms with Crippen molar-refractivity contribution in [3.63, 3.8) is 0 Å². The van der Waals surface area contributed by atoms with Gasteiger partial charge in [-0.05, 0) is 25.3 Å². The minimum atomic E-state index is -0.175. The Labute approximate surface area is 136 Å². The summed E-state index contributed by atoms with van der Waals surface area (Å²) in [5.41, 5.74) is 2.74. The van der Waals surface area contributed by atoms with Crippen molar-refractivity contribution in [3.05, 3.63) is 45.1 Å². The number of carbonyl (C=O) groups is 1. The number of hydrogen-bond acceptors (Lipinski definition) is 5. The Hall–Kier alpha value is -2.48. The third-order valence-corrected chi connectivity index (χ3v) is 4.70. The van der Waals surface area contributed by atoms with Gasteiger partial charge in [0.05, 0.1) is 23.1 Å². The lowest BCUT2D eigenvalue weighted by Crippen LogP contribution is -2.31. The maximum Gasteiger partial charge on any atom is 0.271 e. The SMILES string of the molecule is Cc1nn(C)c(C)c1C(=O)NCCn1cnc2ccsc2c1=O. The lowest BCUT2D eigenvalue weighted by Gasteiger charge is -2.07. The van der Waals surface area contributed by atoms with Gasteiger partial charge in [-0.25, -0.2) is 4.98 Å². The third-order valence-electron chi connectivity index (χ3n) is 3.81. The van der Waals surface area contributed by atoms with E-state index in [2.05, 4.69) is 15.4 Å². The normalized spacial score (nSPS) is 11.1. The van der Waals surface area contributed by atoms with Crippen LogP contribution in [0.4, 0.5) is 0 Å². The molecule has 3 rings (SSSR count). The highest BCUT2D eigenvalue weighted by molar-refractivity contribution is 7.17. The summed E-state index contributed by atoms with van der Waals surface area (Å²) >= 11 is 1.38. The van der Waals surface area contributed by atoms with E-state index in [0.29, 0.717) is 34.6 Å². The zero-order valence-corrected chi connectivity index (χ0v) is 14.0. The van der Waals surface area contributed by atoms with E-state index < -0.39 is 0 Å². The molecule has 120 valence electrons. The minimum Gasteiger partial charge on any atom is -0.350 e. The monoisotopic (exact) mass is 331 g/mol. The fourth-order valence-corrected chi connectivity index (χ4v) is 3.31. The lowest BCUT2D eigenvalue weighted by atomic mass is 10.2. The van der Waals surface area contributed by atoms with Crippen LogP contribution in [0.3, 0.4) is 0 Å². The Bertz CT molecular complexity index is 937. The quantitative estimate of drug-likeness (QED) is 0.780. The Morgan fingerprint density at radius 3 is 2.87 bits per heavy atom. The van der Waals surface area contributed by atoms with Crippen molar-refractivity contribution in [1.82, 2.24) is 24.6 Å². The van der Waals surface area contributed by atoms with E-state index in [-0.39, 0.29) is 11.5 Å². The minimum absolute atomic E-state index is 0.0759.